The molecule has 1 aliphatic heterocycles. The molecule has 0 bridgehead atoms. The maximum Gasteiger partial charge on any atom is 0.241 e. The van der Waals surface area contributed by atoms with Gasteiger partial charge < -0.3 is 10.6 Å². The highest BCUT2D eigenvalue weighted by atomic mass is 16.2. The highest BCUT2D eigenvalue weighted by Crippen LogP contribution is 2.23. The van der Waals surface area contributed by atoms with Gasteiger partial charge in [0.2, 0.25) is 11.8 Å². The van der Waals surface area contributed by atoms with Crippen LogP contribution in [0.15, 0.2) is 55.1 Å². The molecule has 2 aromatic rings. The predicted octanol–water partition coefficient (Wildman–Crippen LogP) is 2.09. The normalized spacial score (nSPS) is 16.5. The first-order chi connectivity index (χ1) is 13.6. The van der Waals surface area contributed by atoms with Crippen LogP contribution in [0.5, 0.6) is 0 Å². The van der Waals surface area contributed by atoms with E-state index in [1.807, 2.05) is 49.4 Å². The average molecular weight is 380 g/mol. The van der Waals surface area contributed by atoms with Crippen LogP contribution in [0, 0.1) is 0 Å². The first kappa shape index (κ1) is 20.0. The summed E-state index contributed by atoms with van der Waals surface area (Å²) in [5.41, 5.74) is 0.840. The van der Waals surface area contributed by atoms with Crippen molar-refractivity contribution in [2.24, 2.45) is 0 Å². The van der Waals surface area contributed by atoms with Crippen molar-refractivity contribution in [3.8, 4) is 0 Å². The van der Waals surface area contributed by atoms with Crippen molar-refractivity contribution in [3.63, 3.8) is 0 Å². The molecule has 1 atom stereocenters. The van der Waals surface area contributed by atoms with Gasteiger partial charge in [0.05, 0.1) is 12.6 Å². The maximum absolute atomic E-state index is 12.8. The average Bonchev–Trinajstić information content (AvgIpc) is 2.72. The molecule has 1 saturated heterocycles. The van der Waals surface area contributed by atoms with E-state index in [1.54, 1.807) is 6.08 Å². The summed E-state index contributed by atoms with van der Waals surface area (Å²) in [6.07, 6.45) is 1.67. The Hall–Kier alpha value is -2.70. The van der Waals surface area contributed by atoms with Crippen LogP contribution in [0.4, 0.5) is 5.69 Å². The van der Waals surface area contributed by atoms with Crippen molar-refractivity contribution in [1.82, 2.24) is 15.1 Å². The molecule has 3 rings (SSSR count). The summed E-state index contributed by atoms with van der Waals surface area (Å²) in [5.74, 6) is 0.00336. The quantitative estimate of drug-likeness (QED) is 0.722. The van der Waals surface area contributed by atoms with Crippen LogP contribution in [0.3, 0.4) is 0 Å². The number of anilines is 1. The van der Waals surface area contributed by atoms with E-state index in [1.165, 1.54) is 0 Å². The van der Waals surface area contributed by atoms with Crippen molar-refractivity contribution in [2.45, 2.75) is 13.0 Å². The third-order valence-corrected chi connectivity index (χ3v) is 5.19. The summed E-state index contributed by atoms with van der Waals surface area (Å²) in [5, 5.41) is 8.03. The van der Waals surface area contributed by atoms with Crippen LogP contribution in [-0.4, -0.2) is 66.9 Å². The molecular formula is C22H28N4O2. The molecule has 2 amide bonds. The molecule has 0 aromatic heterocycles. The molecule has 1 heterocycles. The van der Waals surface area contributed by atoms with Gasteiger partial charge in [-0.05, 0) is 18.4 Å². The molecule has 6 heteroatoms. The number of benzene rings is 2. The largest absolute Gasteiger partial charge is 0.352 e. The third-order valence-electron chi connectivity index (χ3n) is 5.19. The lowest BCUT2D eigenvalue weighted by atomic mass is 10.1. The van der Waals surface area contributed by atoms with Crippen LogP contribution in [0.2, 0.25) is 0 Å². The Morgan fingerprint density at radius 3 is 2.57 bits per heavy atom. The Morgan fingerprint density at radius 1 is 1.11 bits per heavy atom. The smallest absolute Gasteiger partial charge is 0.241 e. The second-order valence-corrected chi connectivity index (χ2v) is 7.10. The van der Waals surface area contributed by atoms with Gasteiger partial charge in [-0.3, -0.25) is 19.4 Å². The number of carbonyl (C=O) groups excluding carboxylic acids is 2. The van der Waals surface area contributed by atoms with E-state index >= 15 is 0 Å². The number of hydrogen-bond donors (Lipinski definition) is 2. The van der Waals surface area contributed by atoms with Crippen molar-refractivity contribution in [3.05, 3.63) is 55.1 Å². The van der Waals surface area contributed by atoms with Crippen LogP contribution < -0.4 is 10.6 Å². The Labute approximate surface area is 166 Å². The van der Waals surface area contributed by atoms with E-state index in [0.29, 0.717) is 13.1 Å². The Balaban J connectivity index is 1.53. The molecule has 1 fully saturated rings. The van der Waals surface area contributed by atoms with Gasteiger partial charge in [-0.2, -0.15) is 0 Å². The minimum absolute atomic E-state index is 0.00599. The van der Waals surface area contributed by atoms with Gasteiger partial charge in [-0.1, -0.05) is 42.5 Å². The van der Waals surface area contributed by atoms with Crippen LogP contribution in [0.25, 0.3) is 10.8 Å². The highest BCUT2D eigenvalue weighted by Gasteiger charge is 2.26. The summed E-state index contributed by atoms with van der Waals surface area (Å²) < 4.78 is 0. The number of nitrogens with one attached hydrogen (secondary N) is 2. The molecule has 1 unspecified atom stereocenters. The zero-order valence-corrected chi connectivity index (χ0v) is 16.4. The van der Waals surface area contributed by atoms with Crippen molar-refractivity contribution in [2.75, 3.05) is 44.6 Å². The van der Waals surface area contributed by atoms with Crippen molar-refractivity contribution >= 4 is 28.3 Å². The van der Waals surface area contributed by atoms with E-state index in [4.69, 9.17) is 0 Å². The molecule has 0 spiro atoms. The van der Waals surface area contributed by atoms with Gasteiger partial charge >= 0.3 is 0 Å². The van der Waals surface area contributed by atoms with Crippen LogP contribution in [0.1, 0.15) is 6.92 Å². The predicted molar refractivity (Wildman–Crippen MR) is 113 cm³/mol. The Morgan fingerprint density at radius 2 is 1.82 bits per heavy atom. The second-order valence-electron chi connectivity index (χ2n) is 7.10. The molecule has 2 N–H and O–H groups in total. The van der Waals surface area contributed by atoms with Gasteiger partial charge in [-0.15, -0.1) is 6.58 Å². The Kier molecular flexibility index (Phi) is 6.79. The molecular weight excluding hydrogens is 352 g/mol. The van der Waals surface area contributed by atoms with Gasteiger partial charge in [0.15, 0.2) is 0 Å². The van der Waals surface area contributed by atoms with Crippen LogP contribution >= 0.6 is 0 Å². The van der Waals surface area contributed by atoms with E-state index < -0.39 is 0 Å². The second kappa shape index (κ2) is 9.48. The van der Waals surface area contributed by atoms with E-state index in [9.17, 15) is 9.59 Å². The molecule has 0 saturated carbocycles. The standard InChI is InChI=1S/C22H28N4O2/c1-3-11-23-21(27)16-25-12-14-26(15-13-25)17(2)22(28)24-20-10-6-8-18-7-4-5-9-19(18)20/h3-10,17H,1,11-16H2,2H3,(H,23,27)(H,24,28). The van der Waals surface area contributed by atoms with Crippen molar-refractivity contribution in [1.29, 1.82) is 0 Å². The van der Waals surface area contributed by atoms with E-state index in [-0.39, 0.29) is 17.9 Å². The third kappa shape index (κ3) is 4.97. The molecule has 2 aromatic carbocycles. The fraction of sp³-hybridized carbons (Fsp3) is 0.364. The summed E-state index contributed by atoms with van der Waals surface area (Å²) >= 11 is 0. The zero-order valence-electron chi connectivity index (χ0n) is 16.4. The fourth-order valence-corrected chi connectivity index (χ4v) is 3.49. The highest BCUT2D eigenvalue weighted by molar-refractivity contribution is 6.03. The first-order valence-electron chi connectivity index (χ1n) is 9.71. The fourth-order valence-electron chi connectivity index (χ4n) is 3.49. The summed E-state index contributed by atoms with van der Waals surface area (Å²) in [6, 6.07) is 13.7. The summed E-state index contributed by atoms with van der Waals surface area (Å²) in [4.78, 5) is 28.9. The first-order valence-corrected chi connectivity index (χ1v) is 9.71. The topological polar surface area (TPSA) is 64.7 Å². The molecule has 1 aliphatic rings. The number of carbonyl (C=O) groups is 2. The SMILES string of the molecule is C=CCNC(=O)CN1CCN(C(C)C(=O)Nc2cccc3ccccc23)CC1. The van der Waals surface area contributed by atoms with E-state index in [2.05, 4.69) is 27.0 Å². The number of amides is 2. The summed E-state index contributed by atoms with van der Waals surface area (Å²) in [7, 11) is 0. The monoisotopic (exact) mass is 380 g/mol. The number of piperazine rings is 1. The molecule has 0 radical (unpaired) electrons. The molecule has 148 valence electrons. The number of nitrogens with zero attached hydrogens (tertiary/aromatic N) is 2. The number of hydrogen-bond acceptors (Lipinski definition) is 4. The zero-order chi connectivity index (χ0) is 19.9. The lowest BCUT2D eigenvalue weighted by molar-refractivity contribution is -0.124. The van der Waals surface area contributed by atoms with Gasteiger partial charge in [0, 0.05) is 43.8 Å². The number of fused-ring (bicyclic) bond motifs is 1. The lowest BCUT2D eigenvalue weighted by Crippen LogP contribution is -2.54. The molecule has 28 heavy (non-hydrogen) atoms. The Bertz CT molecular complexity index is 838. The maximum atomic E-state index is 12.8. The van der Waals surface area contributed by atoms with Crippen molar-refractivity contribution < 1.29 is 9.59 Å². The number of rotatable bonds is 7. The summed E-state index contributed by atoms with van der Waals surface area (Å²) in [6.45, 7) is 9.48. The van der Waals surface area contributed by atoms with Gasteiger partial charge in [0.1, 0.15) is 0 Å². The van der Waals surface area contributed by atoms with Gasteiger partial charge in [0.25, 0.3) is 0 Å². The molecule has 0 aliphatic carbocycles. The lowest BCUT2D eigenvalue weighted by Gasteiger charge is -2.37. The molecule has 6 nitrogen and oxygen atoms in total. The van der Waals surface area contributed by atoms with Gasteiger partial charge in [-0.25, -0.2) is 0 Å². The minimum Gasteiger partial charge on any atom is -0.352 e. The van der Waals surface area contributed by atoms with Crippen LogP contribution in [-0.2, 0) is 9.59 Å². The minimum atomic E-state index is -0.226. The van der Waals surface area contributed by atoms with E-state index in [0.717, 1.165) is 42.6 Å².